The molecule has 1 aliphatic carbocycles. The summed E-state index contributed by atoms with van der Waals surface area (Å²) in [4.78, 5) is 2.46. The van der Waals surface area contributed by atoms with Crippen molar-refractivity contribution in [1.29, 1.82) is 0 Å². The number of hydrogen-bond donors (Lipinski definition) is 1. The summed E-state index contributed by atoms with van der Waals surface area (Å²) < 4.78 is 0. The van der Waals surface area contributed by atoms with Gasteiger partial charge in [-0.1, -0.05) is 6.92 Å². The monoisotopic (exact) mass is 212 g/mol. The van der Waals surface area contributed by atoms with Crippen LogP contribution in [0.5, 0.6) is 0 Å². The van der Waals surface area contributed by atoms with Gasteiger partial charge in [-0.3, -0.25) is 4.90 Å². The van der Waals surface area contributed by atoms with Gasteiger partial charge < -0.3 is 5.32 Å². The molecule has 1 saturated carbocycles. The fourth-order valence-corrected chi connectivity index (χ4v) is 1.80. The van der Waals surface area contributed by atoms with Crippen molar-refractivity contribution >= 4 is 0 Å². The SMILES string of the molecule is CCC(C)(C)N(C)CCNC(C)C1CC1. The maximum absolute atomic E-state index is 3.63. The second kappa shape index (κ2) is 5.31. The van der Waals surface area contributed by atoms with Crippen molar-refractivity contribution in [1.82, 2.24) is 10.2 Å². The van der Waals surface area contributed by atoms with Crippen molar-refractivity contribution in [3.05, 3.63) is 0 Å². The van der Waals surface area contributed by atoms with E-state index in [0.717, 1.165) is 25.0 Å². The van der Waals surface area contributed by atoms with E-state index in [-0.39, 0.29) is 0 Å². The molecule has 1 N–H and O–H groups in total. The Labute approximate surface area is 95.4 Å². The molecule has 1 fully saturated rings. The maximum Gasteiger partial charge on any atom is 0.0148 e. The molecule has 15 heavy (non-hydrogen) atoms. The highest BCUT2D eigenvalue weighted by molar-refractivity contribution is 4.84. The summed E-state index contributed by atoms with van der Waals surface area (Å²) in [6.07, 6.45) is 4.08. The molecular weight excluding hydrogens is 184 g/mol. The van der Waals surface area contributed by atoms with Crippen LogP contribution >= 0.6 is 0 Å². The fraction of sp³-hybridized carbons (Fsp3) is 1.00. The van der Waals surface area contributed by atoms with Gasteiger partial charge in [-0.05, 0) is 53.0 Å². The van der Waals surface area contributed by atoms with Crippen molar-refractivity contribution in [3.63, 3.8) is 0 Å². The predicted molar refractivity (Wildman–Crippen MR) is 67.2 cm³/mol. The Morgan fingerprint density at radius 3 is 2.47 bits per heavy atom. The van der Waals surface area contributed by atoms with Crippen LogP contribution in [0.15, 0.2) is 0 Å². The highest BCUT2D eigenvalue weighted by atomic mass is 15.2. The molecule has 0 amide bonds. The van der Waals surface area contributed by atoms with E-state index >= 15 is 0 Å². The van der Waals surface area contributed by atoms with E-state index < -0.39 is 0 Å². The molecule has 0 bridgehead atoms. The summed E-state index contributed by atoms with van der Waals surface area (Å²) in [5.74, 6) is 0.967. The lowest BCUT2D eigenvalue weighted by Gasteiger charge is -2.35. The van der Waals surface area contributed by atoms with E-state index in [1.54, 1.807) is 0 Å². The number of hydrogen-bond acceptors (Lipinski definition) is 2. The molecule has 1 atom stereocenters. The normalized spacial score (nSPS) is 19.6. The van der Waals surface area contributed by atoms with Gasteiger partial charge in [-0.15, -0.1) is 0 Å². The molecule has 0 aromatic rings. The van der Waals surface area contributed by atoms with E-state index in [4.69, 9.17) is 0 Å². The zero-order chi connectivity index (χ0) is 11.5. The Hall–Kier alpha value is -0.0800. The number of nitrogens with one attached hydrogen (secondary N) is 1. The number of likely N-dealkylation sites (N-methyl/N-ethyl adjacent to an activating group) is 1. The third-order valence-corrected chi connectivity index (χ3v) is 4.14. The van der Waals surface area contributed by atoms with Crippen molar-refractivity contribution in [3.8, 4) is 0 Å². The zero-order valence-electron chi connectivity index (χ0n) is 11.1. The standard InChI is InChI=1S/C13H28N2/c1-6-13(3,4)15(5)10-9-14-11(2)12-7-8-12/h11-12,14H,6-10H2,1-5H3. The van der Waals surface area contributed by atoms with Gasteiger partial charge in [0.1, 0.15) is 0 Å². The highest BCUT2D eigenvalue weighted by Crippen LogP contribution is 2.32. The summed E-state index contributed by atoms with van der Waals surface area (Å²) in [7, 11) is 2.23. The topological polar surface area (TPSA) is 15.3 Å². The minimum absolute atomic E-state index is 0.338. The largest absolute Gasteiger partial charge is 0.313 e. The van der Waals surface area contributed by atoms with E-state index in [2.05, 4.69) is 45.0 Å². The quantitative estimate of drug-likeness (QED) is 0.697. The first-order chi connectivity index (χ1) is 6.97. The van der Waals surface area contributed by atoms with Crippen molar-refractivity contribution in [2.75, 3.05) is 20.1 Å². The average molecular weight is 212 g/mol. The Balaban J connectivity index is 2.13. The minimum Gasteiger partial charge on any atom is -0.313 e. The van der Waals surface area contributed by atoms with Crippen LogP contribution in [-0.4, -0.2) is 36.6 Å². The van der Waals surface area contributed by atoms with E-state index in [1.165, 1.54) is 19.3 Å². The molecule has 0 heterocycles. The minimum atomic E-state index is 0.338. The molecule has 1 unspecified atom stereocenters. The van der Waals surface area contributed by atoms with Crippen LogP contribution < -0.4 is 5.32 Å². The molecule has 0 radical (unpaired) electrons. The van der Waals surface area contributed by atoms with Crippen LogP contribution in [0.2, 0.25) is 0 Å². The summed E-state index contributed by atoms with van der Waals surface area (Å²) >= 11 is 0. The Kier molecular flexibility index (Phi) is 4.60. The van der Waals surface area contributed by atoms with Crippen LogP contribution in [-0.2, 0) is 0 Å². The van der Waals surface area contributed by atoms with Gasteiger partial charge in [0.2, 0.25) is 0 Å². The summed E-state index contributed by atoms with van der Waals surface area (Å²) in [5.41, 5.74) is 0.338. The molecule has 90 valence electrons. The first-order valence-corrected chi connectivity index (χ1v) is 6.42. The second-order valence-electron chi connectivity index (χ2n) is 5.67. The lowest BCUT2D eigenvalue weighted by atomic mass is 10.0. The van der Waals surface area contributed by atoms with Crippen LogP contribution in [0.1, 0.15) is 47.0 Å². The van der Waals surface area contributed by atoms with Crippen LogP contribution in [0.3, 0.4) is 0 Å². The lowest BCUT2D eigenvalue weighted by molar-refractivity contribution is 0.150. The maximum atomic E-state index is 3.63. The molecule has 0 saturated heterocycles. The van der Waals surface area contributed by atoms with E-state index in [9.17, 15) is 0 Å². The smallest absolute Gasteiger partial charge is 0.0148 e. The molecule has 2 heteroatoms. The average Bonchev–Trinajstić information content (AvgIpc) is 3.00. The molecule has 1 rings (SSSR count). The van der Waals surface area contributed by atoms with Gasteiger partial charge in [-0.25, -0.2) is 0 Å². The van der Waals surface area contributed by atoms with Crippen molar-refractivity contribution in [2.45, 2.75) is 58.5 Å². The van der Waals surface area contributed by atoms with Gasteiger partial charge in [0.15, 0.2) is 0 Å². The molecule has 0 aromatic carbocycles. The third-order valence-electron chi connectivity index (χ3n) is 4.14. The van der Waals surface area contributed by atoms with Crippen LogP contribution in [0, 0.1) is 5.92 Å². The van der Waals surface area contributed by atoms with Crippen LogP contribution in [0.4, 0.5) is 0 Å². The first-order valence-electron chi connectivity index (χ1n) is 6.42. The van der Waals surface area contributed by atoms with Gasteiger partial charge in [0.25, 0.3) is 0 Å². The van der Waals surface area contributed by atoms with Crippen molar-refractivity contribution < 1.29 is 0 Å². The highest BCUT2D eigenvalue weighted by Gasteiger charge is 2.27. The molecule has 2 nitrogen and oxygen atoms in total. The van der Waals surface area contributed by atoms with Gasteiger partial charge in [0, 0.05) is 24.7 Å². The van der Waals surface area contributed by atoms with Crippen LogP contribution in [0.25, 0.3) is 0 Å². The molecule has 0 spiro atoms. The predicted octanol–water partition coefficient (Wildman–Crippen LogP) is 2.49. The number of rotatable bonds is 7. The van der Waals surface area contributed by atoms with Gasteiger partial charge >= 0.3 is 0 Å². The zero-order valence-corrected chi connectivity index (χ0v) is 11.1. The summed E-state index contributed by atoms with van der Waals surface area (Å²) in [6, 6.07) is 0.725. The second-order valence-corrected chi connectivity index (χ2v) is 5.67. The molecular formula is C13H28N2. The Morgan fingerprint density at radius 1 is 1.40 bits per heavy atom. The van der Waals surface area contributed by atoms with E-state index in [1.807, 2.05) is 0 Å². The molecule has 0 aliphatic heterocycles. The third kappa shape index (κ3) is 4.12. The number of nitrogens with zero attached hydrogens (tertiary/aromatic N) is 1. The molecule has 0 aromatic heterocycles. The first kappa shape index (κ1) is 13.0. The van der Waals surface area contributed by atoms with Gasteiger partial charge in [0.05, 0.1) is 0 Å². The Morgan fingerprint density at radius 2 is 2.00 bits per heavy atom. The summed E-state index contributed by atoms with van der Waals surface area (Å²) in [5, 5.41) is 3.63. The fourth-order valence-electron chi connectivity index (χ4n) is 1.80. The Bertz CT molecular complexity index is 185. The van der Waals surface area contributed by atoms with Gasteiger partial charge in [-0.2, -0.15) is 0 Å². The molecule has 1 aliphatic rings. The lowest BCUT2D eigenvalue weighted by Crippen LogP contribution is -2.45. The van der Waals surface area contributed by atoms with Crippen molar-refractivity contribution in [2.24, 2.45) is 5.92 Å². The summed E-state index contributed by atoms with van der Waals surface area (Å²) in [6.45, 7) is 11.5. The van der Waals surface area contributed by atoms with E-state index in [0.29, 0.717) is 5.54 Å².